The molecule has 2 aromatic carbocycles. The lowest BCUT2D eigenvalue weighted by molar-refractivity contribution is -0.119. The molecule has 10 heteroatoms. The van der Waals surface area contributed by atoms with Crippen molar-refractivity contribution in [2.75, 3.05) is 26.1 Å². The fourth-order valence-corrected chi connectivity index (χ4v) is 2.76. The van der Waals surface area contributed by atoms with Crippen molar-refractivity contribution < 1.29 is 32.2 Å². The third-order valence-corrected chi connectivity index (χ3v) is 4.31. The summed E-state index contributed by atoms with van der Waals surface area (Å²) >= 11 is 0. The number of amides is 1. The third-order valence-electron chi connectivity index (χ3n) is 3.40. The number of ether oxygens (including phenoxy) is 3. The Morgan fingerprint density at radius 3 is 2.41 bits per heavy atom. The summed E-state index contributed by atoms with van der Waals surface area (Å²) < 4.78 is 37.9. The molecular weight excluding hydrogens is 376 g/mol. The smallest absolute Gasteiger partial charge is 0.342 e. The van der Waals surface area contributed by atoms with E-state index in [0.717, 1.165) is 0 Å². The molecule has 0 saturated heterocycles. The highest BCUT2D eigenvalue weighted by atomic mass is 32.2. The van der Waals surface area contributed by atoms with E-state index < -0.39 is 28.5 Å². The molecule has 9 nitrogen and oxygen atoms in total. The fourth-order valence-electron chi connectivity index (χ4n) is 2.20. The predicted octanol–water partition coefficient (Wildman–Crippen LogP) is 1.15. The summed E-state index contributed by atoms with van der Waals surface area (Å²) in [5, 5.41) is 7.46. The average molecular weight is 394 g/mol. The predicted molar refractivity (Wildman–Crippen MR) is 96.3 cm³/mol. The molecule has 0 bridgehead atoms. The molecule has 0 radical (unpaired) electrons. The number of methoxy groups -OCH3 is 2. The van der Waals surface area contributed by atoms with Gasteiger partial charge in [0.2, 0.25) is 10.0 Å². The third kappa shape index (κ3) is 5.19. The Morgan fingerprint density at radius 2 is 1.78 bits per heavy atom. The highest BCUT2D eigenvalue weighted by Crippen LogP contribution is 2.31. The van der Waals surface area contributed by atoms with E-state index in [9.17, 15) is 18.0 Å². The van der Waals surface area contributed by atoms with E-state index in [0.29, 0.717) is 5.75 Å². The number of primary sulfonamides is 1. The van der Waals surface area contributed by atoms with Gasteiger partial charge >= 0.3 is 5.97 Å². The van der Waals surface area contributed by atoms with Crippen LogP contribution in [0.3, 0.4) is 0 Å². The topological polar surface area (TPSA) is 134 Å². The van der Waals surface area contributed by atoms with Crippen LogP contribution in [0.5, 0.6) is 11.5 Å². The number of carbonyl (C=O) groups excluding carboxylic acids is 2. The molecule has 0 heterocycles. The number of nitrogens with two attached hydrogens (primary N) is 1. The summed E-state index contributed by atoms with van der Waals surface area (Å²) in [6.45, 7) is -0.585. The molecule has 0 aromatic heterocycles. The molecule has 144 valence electrons. The Balaban J connectivity index is 2.03. The van der Waals surface area contributed by atoms with Crippen molar-refractivity contribution in [3.63, 3.8) is 0 Å². The van der Waals surface area contributed by atoms with E-state index >= 15 is 0 Å². The molecule has 2 aromatic rings. The van der Waals surface area contributed by atoms with Crippen molar-refractivity contribution in [3.05, 3.63) is 48.0 Å². The number of nitrogens with one attached hydrogen (secondary N) is 1. The quantitative estimate of drug-likeness (QED) is 0.673. The van der Waals surface area contributed by atoms with E-state index in [1.165, 1.54) is 44.6 Å². The van der Waals surface area contributed by atoms with Crippen LogP contribution >= 0.6 is 0 Å². The van der Waals surface area contributed by atoms with Gasteiger partial charge in [-0.05, 0) is 30.3 Å². The molecule has 0 atom stereocenters. The number of benzene rings is 2. The van der Waals surface area contributed by atoms with Crippen molar-refractivity contribution in [1.29, 1.82) is 0 Å². The SMILES string of the molecule is COc1cccc(C(=O)OCC(=O)Nc2cccc(S(N)(=O)=O)c2)c1OC. The molecule has 0 aliphatic heterocycles. The second-order valence-corrected chi connectivity index (χ2v) is 6.80. The van der Waals surface area contributed by atoms with Crippen LogP contribution in [0.25, 0.3) is 0 Å². The molecule has 2 rings (SSSR count). The first-order valence-electron chi connectivity index (χ1n) is 7.57. The van der Waals surface area contributed by atoms with Crippen LogP contribution in [-0.4, -0.2) is 41.1 Å². The Hall–Kier alpha value is -3.11. The van der Waals surface area contributed by atoms with Gasteiger partial charge in [0.15, 0.2) is 18.1 Å². The minimum atomic E-state index is -3.90. The van der Waals surface area contributed by atoms with Gasteiger partial charge in [0, 0.05) is 5.69 Å². The Labute approximate surface area is 156 Å². The first-order valence-corrected chi connectivity index (χ1v) is 9.11. The largest absolute Gasteiger partial charge is 0.493 e. The van der Waals surface area contributed by atoms with Crippen molar-refractivity contribution in [1.82, 2.24) is 0 Å². The maximum atomic E-state index is 12.2. The number of sulfonamides is 1. The van der Waals surface area contributed by atoms with Gasteiger partial charge in [-0.1, -0.05) is 12.1 Å². The Bertz CT molecular complexity index is 958. The molecule has 27 heavy (non-hydrogen) atoms. The molecule has 0 unspecified atom stereocenters. The van der Waals surface area contributed by atoms with E-state index in [2.05, 4.69) is 5.32 Å². The van der Waals surface area contributed by atoms with E-state index in [1.54, 1.807) is 12.1 Å². The fraction of sp³-hybridized carbons (Fsp3) is 0.176. The second kappa shape index (κ2) is 8.52. The van der Waals surface area contributed by atoms with Crippen molar-refractivity contribution in [3.8, 4) is 11.5 Å². The molecule has 0 spiro atoms. The molecule has 3 N–H and O–H groups in total. The lowest BCUT2D eigenvalue weighted by atomic mass is 10.2. The number of carbonyl (C=O) groups is 2. The Morgan fingerprint density at radius 1 is 1.07 bits per heavy atom. The minimum absolute atomic E-state index is 0.0980. The summed E-state index contributed by atoms with van der Waals surface area (Å²) in [4.78, 5) is 24.0. The number of hydrogen-bond acceptors (Lipinski definition) is 7. The highest BCUT2D eigenvalue weighted by molar-refractivity contribution is 7.89. The van der Waals surface area contributed by atoms with Crippen molar-refractivity contribution >= 4 is 27.6 Å². The lowest BCUT2D eigenvalue weighted by Crippen LogP contribution is -2.21. The van der Waals surface area contributed by atoms with Crippen molar-refractivity contribution in [2.24, 2.45) is 5.14 Å². The minimum Gasteiger partial charge on any atom is -0.493 e. The van der Waals surface area contributed by atoms with Crippen LogP contribution in [0.4, 0.5) is 5.69 Å². The summed E-state index contributed by atoms with van der Waals surface area (Å²) in [6.07, 6.45) is 0. The maximum Gasteiger partial charge on any atom is 0.342 e. The summed E-state index contributed by atoms with van der Waals surface area (Å²) in [5.74, 6) is -0.904. The van der Waals surface area contributed by atoms with Crippen LogP contribution in [0, 0.1) is 0 Å². The first-order chi connectivity index (χ1) is 12.8. The number of anilines is 1. The molecule has 0 saturated carbocycles. The number of esters is 1. The molecule has 0 aliphatic carbocycles. The zero-order valence-electron chi connectivity index (χ0n) is 14.6. The molecule has 0 fully saturated rings. The lowest BCUT2D eigenvalue weighted by Gasteiger charge is -2.12. The molecule has 1 amide bonds. The zero-order valence-corrected chi connectivity index (χ0v) is 15.4. The van der Waals surface area contributed by atoms with Gasteiger partial charge in [0.1, 0.15) is 5.56 Å². The van der Waals surface area contributed by atoms with Gasteiger partial charge in [0.05, 0.1) is 19.1 Å². The first kappa shape index (κ1) is 20.2. The maximum absolute atomic E-state index is 12.2. The monoisotopic (exact) mass is 394 g/mol. The standard InChI is InChI=1S/C17H18N2O7S/c1-24-14-8-4-7-13(16(14)25-2)17(21)26-10-15(20)19-11-5-3-6-12(9-11)27(18,22)23/h3-9H,10H2,1-2H3,(H,19,20)(H2,18,22,23). The van der Waals surface area contributed by atoms with Crippen LogP contribution in [0.2, 0.25) is 0 Å². The zero-order chi connectivity index (χ0) is 20.0. The summed E-state index contributed by atoms with van der Waals surface area (Å²) in [6, 6.07) is 10.0. The normalized spacial score (nSPS) is 10.8. The van der Waals surface area contributed by atoms with E-state index in [4.69, 9.17) is 19.3 Å². The van der Waals surface area contributed by atoms with Gasteiger partial charge in [-0.25, -0.2) is 18.4 Å². The van der Waals surface area contributed by atoms with Gasteiger partial charge in [-0.3, -0.25) is 4.79 Å². The van der Waals surface area contributed by atoms with Crippen molar-refractivity contribution in [2.45, 2.75) is 4.90 Å². The van der Waals surface area contributed by atoms with Gasteiger partial charge in [0.25, 0.3) is 5.91 Å². The van der Waals surface area contributed by atoms with E-state index in [1.807, 2.05) is 0 Å². The number of hydrogen-bond donors (Lipinski definition) is 2. The van der Waals surface area contributed by atoms with Gasteiger partial charge < -0.3 is 19.5 Å². The van der Waals surface area contributed by atoms with Gasteiger partial charge in [-0.2, -0.15) is 0 Å². The average Bonchev–Trinajstić information content (AvgIpc) is 2.64. The number of para-hydroxylation sites is 1. The summed E-state index contributed by atoms with van der Waals surface area (Å²) in [5.41, 5.74) is 0.294. The van der Waals surface area contributed by atoms with E-state index in [-0.39, 0.29) is 21.9 Å². The molecule has 0 aliphatic rings. The Kier molecular flexibility index (Phi) is 6.37. The highest BCUT2D eigenvalue weighted by Gasteiger charge is 2.19. The van der Waals surface area contributed by atoms with Crippen LogP contribution in [0.1, 0.15) is 10.4 Å². The van der Waals surface area contributed by atoms with Crippen LogP contribution < -0.4 is 19.9 Å². The summed E-state index contributed by atoms with van der Waals surface area (Å²) in [7, 11) is -1.10. The molecular formula is C17H18N2O7S. The second-order valence-electron chi connectivity index (χ2n) is 5.24. The number of rotatable bonds is 7. The van der Waals surface area contributed by atoms with Gasteiger partial charge in [-0.15, -0.1) is 0 Å². The van der Waals surface area contributed by atoms with Crippen LogP contribution in [0.15, 0.2) is 47.4 Å². The van der Waals surface area contributed by atoms with Crippen LogP contribution in [-0.2, 0) is 19.6 Å².